The molecule has 0 aliphatic carbocycles. The maximum Gasteiger partial charge on any atom is 0.246 e. The molecule has 20 heavy (non-hydrogen) atoms. The van der Waals surface area contributed by atoms with E-state index in [-0.39, 0.29) is 11.8 Å². The van der Waals surface area contributed by atoms with Crippen molar-refractivity contribution < 1.29 is 9.59 Å². The Balaban J connectivity index is 2.33. The van der Waals surface area contributed by atoms with Crippen molar-refractivity contribution in [2.24, 2.45) is 0 Å². The lowest BCUT2D eigenvalue weighted by molar-refractivity contribution is -0.157. The number of piperazine rings is 1. The van der Waals surface area contributed by atoms with Crippen molar-refractivity contribution in [1.29, 1.82) is 0 Å². The highest BCUT2D eigenvalue weighted by Crippen LogP contribution is 2.27. The third kappa shape index (κ3) is 2.42. The monoisotopic (exact) mass is 274 g/mol. The first-order valence-corrected chi connectivity index (χ1v) is 7.19. The molecule has 2 atom stereocenters. The molecule has 2 unspecified atom stereocenters. The third-order valence-corrected chi connectivity index (χ3v) is 4.23. The number of benzene rings is 1. The van der Waals surface area contributed by atoms with Crippen LogP contribution in [0.3, 0.4) is 0 Å². The molecule has 1 aromatic rings. The summed E-state index contributed by atoms with van der Waals surface area (Å²) in [5, 5.41) is 2.84. The van der Waals surface area contributed by atoms with Gasteiger partial charge < -0.3 is 10.2 Å². The Morgan fingerprint density at radius 3 is 2.40 bits per heavy atom. The molecule has 4 nitrogen and oxygen atoms in total. The summed E-state index contributed by atoms with van der Waals surface area (Å²) in [6.07, 6.45) is 1.23. The van der Waals surface area contributed by atoms with Crippen molar-refractivity contribution in [2.75, 3.05) is 0 Å². The normalized spacial score (nSPS) is 26.6. The summed E-state index contributed by atoms with van der Waals surface area (Å²) in [7, 11) is 0. The standard InChI is InChI=1S/C16H22N2O2/c1-4-13-14(19)18(11-12-9-7-6-8-10-12)16(3,5-2)15(20)17-13/h6-10,13H,4-5,11H2,1-3H3,(H,17,20). The first kappa shape index (κ1) is 14.6. The molecule has 1 N–H and O–H groups in total. The minimum absolute atomic E-state index is 0.0142. The summed E-state index contributed by atoms with van der Waals surface area (Å²) in [5.41, 5.74) is 0.281. The van der Waals surface area contributed by atoms with E-state index in [1.807, 2.05) is 51.1 Å². The molecule has 1 fully saturated rings. The number of nitrogens with one attached hydrogen (secondary N) is 1. The van der Waals surface area contributed by atoms with Gasteiger partial charge in [0.05, 0.1) is 0 Å². The molecule has 108 valence electrons. The fourth-order valence-electron chi connectivity index (χ4n) is 2.58. The molecule has 4 heteroatoms. The minimum atomic E-state index is -0.765. The van der Waals surface area contributed by atoms with Crippen LogP contribution in [0.5, 0.6) is 0 Å². The Hall–Kier alpha value is -1.84. The minimum Gasteiger partial charge on any atom is -0.342 e. The first-order valence-electron chi connectivity index (χ1n) is 7.19. The maximum absolute atomic E-state index is 12.6. The molecule has 0 bridgehead atoms. The molecular formula is C16H22N2O2. The van der Waals surface area contributed by atoms with Gasteiger partial charge in [-0.25, -0.2) is 0 Å². The molecule has 2 amide bonds. The summed E-state index contributed by atoms with van der Waals surface area (Å²) in [6, 6.07) is 9.41. The fraction of sp³-hybridized carbons (Fsp3) is 0.500. The maximum atomic E-state index is 12.6. The second kappa shape index (κ2) is 5.65. The van der Waals surface area contributed by atoms with Gasteiger partial charge in [0.15, 0.2) is 0 Å². The smallest absolute Gasteiger partial charge is 0.246 e. The number of amides is 2. The van der Waals surface area contributed by atoms with Crippen LogP contribution in [0.25, 0.3) is 0 Å². The molecule has 2 rings (SSSR count). The Morgan fingerprint density at radius 1 is 1.20 bits per heavy atom. The zero-order chi connectivity index (χ0) is 14.8. The quantitative estimate of drug-likeness (QED) is 0.914. The molecular weight excluding hydrogens is 252 g/mol. The highest BCUT2D eigenvalue weighted by atomic mass is 16.2. The lowest BCUT2D eigenvalue weighted by atomic mass is 9.89. The predicted octanol–water partition coefficient (Wildman–Crippen LogP) is 2.09. The van der Waals surface area contributed by atoms with Crippen molar-refractivity contribution >= 4 is 11.8 Å². The van der Waals surface area contributed by atoms with Crippen LogP contribution in [0.4, 0.5) is 0 Å². The second-order valence-electron chi connectivity index (χ2n) is 5.47. The van der Waals surface area contributed by atoms with E-state index in [9.17, 15) is 9.59 Å². The van der Waals surface area contributed by atoms with Crippen LogP contribution in [-0.2, 0) is 16.1 Å². The van der Waals surface area contributed by atoms with Crippen LogP contribution in [0.1, 0.15) is 39.2 Å². The molecule has 0 aromatic heterocycles. The average molecular weight is 274 g/mol. The fourth-order valence-corrected chi connectivity index (χ4v) is 2.58. The Labute approximate surface area is 120 Å². The first-order chi connectivity index (χ1) is 9.52. The summed E-state index contributed by atoms with van der Waals surface area (Å²) < 4.78 is 0. The molecule has 1 aromatic carbocycles. The number of carbonyl (C=O) groups is 2. The van der Waals surface area contributed by atoms with E-state index in [1.54, 1.807) is 4.90 Å². The van der Waals surface area contributed by atoms with Gasteiger partial charge in [0.1, 0.15) is 11.6 Å². The van der Waals surface area contributed by atoms with Crippen molar-refractivity contribution in [3.63, 3.8) is 0 Å². The third-order valence-electron chi connectivity index (χ3n) is 4.23. The van der Waals surface area contributed by atoms with E-state index in [4.69, 9.17) is 0 Å². The van der Waals surface area contributed by atoms with Gasteiger partial charge in [0, 0.05) is 6.54 Å². The highest BCUT2D eigenvalue weighted by Gasteiger charge is 2.47. The number of hydrogen-bond acceptors (Lipinski definition) is 2. The Bertz CT molecular complexity index is 500. The summed E-state index contributed by atoms with van der Waals surface area (Å²) in [4.78, 5) is 26.7. The van der Waals surface area contributed by atoms with E-state index >= 15 is 0 Å². The van der Waals surface area contributed by atoms with E-state index in [1.165, 1.54) is 0 Å². The van der Waals surface area contributed by atoms with Crippen LogP contribution < -0.4 is 5.32 Å². The largest absolute Gasteiger partial charge is 0.342 e. The van der Waals surface area contributed by atoms with Crippen LogP contribution >= 0.6 is 0 Å². The predicted molar refractivity (Wildman–Crippen MR) is 77.9 cm³/mol. The van der Waals surface area contributed by atoms with Crippen molar-refractivity contribution in [1.82, 2.24) is 10.2 Å². The van der Waals surface area contributed by atoms with E-state index in [0.717, 1.165) is 5.56 Å². The molecule has 0 radical (unpaired) electrons. The van der Waals surface area contributed by atoms with Gasteiger partial charge in [-0.3, -0.25) is 9.59 Å². The van der Waals surface area contributed by atoms with Gasteiger partial charge in [-0.1, -0.05) is 44.2 Å². The van der Waals surface area contributed by atoms with Gasteiger partial charge in [-0.15, -0.1) is 0 Å². The van der Waals surface area contributed by atoms with Gasteiger partial charge in [0.2, 0.25) is 11.8 Å². The molecule has 0 spiro atoms. The zero-order valence-corrected chi connectivity index (χ0v) is 12.3. The Kier molecular flexibility index (Phi) is 4.12. The lowest BCUT2D eigenvalue weighted by Gasteiger charge is -2.46. The summed E-state index contributed by atoms with van der Waals surface area (Å²) >= 11 is 0. The molecule has 0 saturated carbocycles. The van der Waals surface area contributed by atoms with Gasteiger partial charge in [-0.05, 0) is 25.3 Å². The molecule has 1 saturated heterocycles. The van der Waals surface area contributed by atoms with Crippen LogP contribution in [0, 0.1) is 0 Å². The number of rotatable bonds is 4. The number of hydrogen-bond donors (Lipinski definition) is 1. The highest BCUT2D eigenvalue weighted by molar-refractivity contribution is 5.99. The topological polar surface area (TPSA) is 49.4 Å². The summed E-state index contributed by atoms with van der Waals surface area (Å²) in [5.74, 6) is -0.0392. The van der Waals surface area contributed by atoms with Crippen LogP contribution in [0.15, 0.2) is 30.3 Å². The van der Waals surface area contributed by atoms with Gasteiger partial charge in [-0.2, -0.15) is 0 Å². The zero-order valence-electron chi connectivity index (χ0n) is 12.3. The van der Waals surface area contributed by atoms with E-state index in [2.05, 4.69) is 5.32 Å². The average Bonchev–Trinajstić information content (AvgIpc) is 2.48. The van der Waals surface area contributed by atoms with Crippen molar-refractivity contribution in [3.05, 3.63) is 35.9 Å². The Morgan fingerprint density at radius 2 is 1.85 bits per heavy atom. The number of carbonyl (C=O) groups excluding carboxylic acids is 2. The van der Waals surface area contributed by atoms with E-state index < -0.39 is 11.6 Å². The van der Waals surface area contributed by atoms with Gasteiger partial charge >= 0.3 is 0 Å². The number of nitrogens with zero attached hydrogens (tertiary/aromatic N) is 1. The van der Waals surface area contributed by atoms with Crippen molar-refractivity contribution in [2.45, 2.75) is 51.7 Å². The summed E-state index contributed by atoms with van der Waals surface area (Å²) in [6.45, 7) is 6.18. The van der Waals surface area contributed by atoms with Crippen molar-refractivity contribution in [3.8, 4) is 0 Å². The van der Waals surface area contributed by atoms with E-state index in [0.29, 0.717) is 19.4 Å². The lowest BCUT2D eigenvalue weighted by Crippen LogP contribution is -2.68. The van der Waals surface area contributed by atoms with Crippen LogP contribution in [0.2, 0.25) is 0 Å². The van der Waals surface area contributed by atoms with Gasteiger partial charge in [0.25, 0.3) is 0 Å². The molecule has 1 aliphatic heterocycles. The second-order valence-corrected chi connectivity index (χ2v) is 5.47. The molecule has 1 aliphatic rings. The van der Waals surface area contributed by atoms with Crippen LogP contribution in [-0.4, -0.2) is 28.3 Å². The molecule has 1 heterocycles. The SMILES string of the molecule is CCC1NC(=O)C(C)(CC)N(Cc2ccccc2)C1=O.